The molecular weight excluding hydrogens is 665 g/mol. The van der Waals surface area contributed by atoms with Gasteiger partial charge in [0, 0.05) is 61.4 Å². The molecule has 5 rings (SSSR count). The number of benzene rings is 1. The first-order valence-corrected chi connectivity index (χ1v) is 16.8. The van der Waals surface area contributed by atoms with E-state index in [0.29, 0.717) is 54.2 Å². The standard InChI is InChI=1S/C28H27ClF5N5O4S2/c1-35-45(2,42)22-5-3-4-17(25(30)31)24(22)21-11-19(37-43-21)20-14-44-26(36-20)15-6-8-38(9-7-15)23(40)13-39-12-16(28(32,33)34)10-18(29)27(39)41/h3-5,10,12,14-15,21,25H,6-9,11,13H2,1-2H3. The maximum absolute atomic E-state index is 13.9. The van der Waals surface area contributed by atoms with Crippen LogP contribution >= 0.6 is 22.9 Å². The molecule has 3 aromatic rings. The van der Waals surface area contributed by atoms with Crippen LogP contribution in [-0.2, 0) is 32.1 Å². The number of piperidine rings is 1. The largest absolute Gasteiger partial charge is 0.417 e. The van der Waals surface area contributed by atoms with E-state index in [1.54, 1.807) is 5.38 Å². The van der Waals surface area contributed by atoms with Gasteiger partial charge in [-0.3, -0.25) is 9.59 Å². The normalized spacial score (nSPS) is 18.9. The van der Waals surface area contributed by atoms with Gasteiger partial charge in [0.05, 0.1) is 30.9 Å². The lowest BCUT2D eigenvalue weighted by molar-refractivity contribution is -0.139. The summed E-state index contributed by atoms with van der Waals surface area (Å²) in [5.74, 6) is -0.524. The van der Waals surface area contributed by atoms with Gasteiger partial charge in [-0.1, -0.05) is 28.9 Å². The van der Waals surface area contributed by atoms with Crippen molar-refractivity contribution in [3.8, 4) is 0 Å². The molecule has 0 spiro atoms. The van der Waals surface area contributed by atoms with Crippen molar-refractivity contribution in [1.82, 2.24) is 14.5 Å². The van der Waals surface area contributed by atoms with Crippen molar-refractivity contribution < 1.29 is 35.8 Å². The van der Waals surface area contributed by atoms with Crippen LogP contribution in [0.15, 0.2) is 55.1 Å². The Balaban J connectivity index is 1.24. The molecule has 2 aromatic heterocycles. The van der Waals surface area contributed by atoms with Gasteiger partial charge >= 0.3 is 6.18 Å². The predicted octanol–water partition coefficient (Wildman–Crippen LogP) is 6.27. The number of alkyl halides is 5. The van der Waals surface area contributed by atoms with E-state index in [9.17, 15) is 35.8 Å². The zero-order valence-electron chi connectivity index (χ0n) is 23.9. The molecule has 1 saturated heterocycles. The van der Waals surface area contributed by atoms with E-state index in [1.807, 2.05) is 0 Å². The minimum Gasteiger partial charge on any atom is -0.387 e. The molecular formula is C28H27ClF5N5O4S2. The van der Waals surface area contributed by atoms with E-state index < -0.39 is 57.0 Å². The number of aromatic nitrogens is 2. The molecule has 0 bridgehead atoms. The lowest BCUT2D eigenvalue weighted by atomic mass is 9.97. The summed E-state index contributed by atoms with van der Waals surface area (Å²) in [4.78, 5) is 37.0. The molecule has 0 aliphatic carbocycles. The molecule has 2 atom stereocenters. The van der Waals surface area contributed by atoms with Crippen molar-refractivity contribution >= 4 is 44.3 Å². The number of carbonyl (C=O) groups excluding carboxylic acids is 1. The first-order valence-electron chi connectivity index (χ1n) is 13.6. The van der Waals surface area contributed by atoms with E-state index >= 15 is 0 Å². The summed E-state index contributed by atoms with van der Waals surface area (Å²) in [6.45, 7) is 0.0290. The number of carbonyl (C=O) groups is 1. The van der Waals surface area contributed by atoms with Crippen LogP contribution in [0.5, 0.6) is 0 Å². The lowest BCUT2D eigenvalue weighted by Crippen LogP contribution is -2.41. The van der Waals surface area contributed by atoms with Gasteiger partial charge in [0.25, 0.3) is 12.0 Å². The Morgan fingerprint density at radius 1 is 1.27 bits per heavy atom. The molecule has 9 nitrogen and oxygen atoms in total. The van der Waals surface area contributed by atoms with Crippen LogP contribution < -0.4 is 5.56 Å². The number of halogens is 6. The summed E-state index contributed by atoms with van der Waals surface area (Å²) in [5, 5.41) is 6.05. The van der Waals surface area contributed by atoms with Crippen molar-refractivity contribution in [2.24, 2.45) is 9.52 Å². The molecule has 2 aliphatic rings. The first kappa shape index (κ1) is 33.0. The Hall–Kier alpha value is -3.37. The van der Waals surface area contributed by atoms with E-state index in [-0.39, 0.29) is 28.4 Å². The molecule has 1 fully saturated rings. The third kappa shape index (κ3) is 6.92. The second-order valence-corrected chi connectivity index (χ2v) is 14.3. The molecule has 4 heterocycles. The maximum atomic E-state index is 13.9. The van der Waals surface area contributed by atoms with Crippen molar-refractivity contribution in [2.45, 2.75) is 55.3 Å². The molecule has 2 unspecified atom stereocenters. The van der Waals surface area contributed by atoms with E-state index in [0.717, 1.165) is 5.01 Å². The van der Waals surface area contributed by atoms with Crippen molar-refractivity contribution in [1.29, 1.82) is 0 Å². The summed E-state index contributed by atoms with van der Waals surface area (Å²) in [7, 11) is -1.59. The Morgan fingerprint density at radius 2 is 1.98 bits per heavy atom. The van der Waals surface area contributed by atoms with Crippen LogP contribution in [0.4, 0.5) is 22.0 Å². The van der Waals surface area contributed by atoms with Gasteiger partial charge in [-0.2, -0.15) is 13.2 Å². The second-order valence-electron chi connectivity index (χ2n) is 10.6. The third-order valence-electron chi connectivity index (χ3n) is 7.77. The minimum atomic E-state index is -4.73. The Kier molecular flexibility index (Phi) is 9.38. The van der Waals surface area contributed by atoms with Crippen LogP contribution in [-0.4, -0.2) is 56.7 Å². The minimum absolute atomic E-state index is 0.0145. The number of likely N-dealkylation sites (tertiary alicyclic amines) is 1. The smallest absolute Gasteiger partial charge is 0.387 e. The number of amides is 1. The lowest BCUT2D eigenvalue weighted by Gasteiger charge is -2.31. The van der Waals surface area contributed by atoms with Gasteiger partial charge in [-0.05, 0) is 25.0 Å². The highest BCUT2D eigenvalue weighted by Crippen LogP contribution is 2.40. The number of nitrogens with zero attached hydrogens (tertiary/aromatic N) is 5. The number of oxime groups is 1. The SMILES string of the molecule is CN=S(C)(=O)c1cccc(C(F)F)c1C1CC(c2csc(C3CCN(C(=O)Cn4cc(C(F)(F)F)cc(Cl)c4=O)CC3)n2)=NO1. The monoisotopic (exact) mass is 691 g/mol. The number of rotatable bonds is 7. The summed E-state index contributed by atoms with van der Waals surface area (Å²) in [6, 6.07) is 4.72. The highest BCUT2D eigenvalue weighted by molar-refractivity contribution is 7.93. The zero-order valence-corrected chi connectivity index (χ0v) is 26.3. The van der Waals surface area contributed by atoms with Crippen LogP contribution in [0.25, 0.3) is 0 Å². The summed E-state index contributed by atoms with van der Waals surface area (Å²) < 4.78 is 85.0. The van der Waals surface area contributed by atoms with Gasteiger partial charge < -0.3 is 14.3 Å². The predicted molar refractivity (Wildman–Crippen MR) is 158 cm³/mol. The van der Waals surface area contributed by atoms with Gasteiger partial charge in [-0.15, -0.1) is 11.3 Å². The van der Waals surface area contributed by atoms with Crippen molar-refractivity contribution in [3.63, 3.8) is 0 Å². The summed E-state index contributed by atoms with van der Waals surface area (Å²) in [6.07, 6.45) is -5.31. The summed E-state index contributed by atoms with van der Waals surface area (Å²) >= 11 is 7.07. The van der Waals surface area contributed by atoms with Gasteiger partial charge in [0.2, 0.25) is 5.91 Å². The number of hydrogen-bond donors (Lipinski definition) is 0. The average Bonchev–Trinajstić information content (AvgIpc) is 3.69. The molecule has 1 amide bonds. The second kappa shape index (κ2) is 12.8. The zero-order chi connectivity index (χ0) is 32.7. The number of pyridine rings is 1. The van der Waals surface area contributed by atoms with Crippen molar-refractivity contribution in [2.75, 3.05) is 26.4 Å². The maximum Gasteiger partial charge on any atom is 0.417 e. The fraction of sp³-hybridized carbons (Fsp3) is 0.429. The molecule has 2 aliphatic heterocycles. The highest BCUT2D eigenvalue weighted by atomic mass is 35.5. The van der Waals surface area contributed by atoms with Gasteiger partial charge in [0.15, 0.2) is 6.10 Å². The first-order chi connectivity index (χ1) is 21.2. The molecule has 0 saturated carbocycles. The van der Waals surface area contributed by atoms with Crippen LogP contribution in [0.1, 0.15) is 65.1 Å². The van der Waals surface area contributed by atoms with Gasteiger partial charge in [-0.25, -0.2) is 22.3 Å². The number of hydrogen-bond acceptors (Lipinski definition) is 8. The van der Waals surface area contributed by atoms with Crippen LogP contribution in [0.3, 0.4) is 0 Å². The Bertz CT molecular complexity index is 1830. The fourth-order valence-electron chi connectivity index (χ4n) is 5.31. The Morgan fingerprint density at radius 3 is 2.62 bits per heavy atom. The number of thiazole rings is 1. The fourth-order valence-corrected chi connectivity index (χ4v) is 7.72. The van der Waals surface area contributed by atoms with Crippen molar-refractivity contribution in [3.05, 3.63) is 78.6 Å². The van der Waals surface area contributed by atoms with E-state index in [1.165, 1.54) is 47.7 Å². The quantitative estimate of drug-likeness (QED) is 0.272. The molecule has 45 heavy (non-hydrogen) atoms. The van der Waals surface area contributed by atoms with Crippen LogP contribution in [0, 0.1) is 0 Å². The molecule has 17 heteroatoms. The topological polar surface area (TPSA) is 106 Å². The highest BCUT2D eigenvalue weighted by Gasteiger charge is 2.35. The van der Waals surface area contributed by atoms with Gasteiger partial charge in [0.1, 0.15) is 17.3 Å². The summed E-state index contributed by atoms with van der Waals surface area (Å²) in [5.41, 5.74) is -1.24. The molecule has 242 valence electrons. The van der Waals surface area contributed by atoms with E-state index in [2.05, 4.69) is 9.52 Å². The molecule has 1 aromatic carbocycles. The van der Waals surface area contributed by atoms with Crippen LogP contribution in [0.2, 0.25) is 5.02 Å². The van der Waals surface area contributed by atoms with E-state index in [4.69, 9.17) is 21.4 Å². The Labute approximate surface area is 263 Å². The average molecular weight is 692 g/mol. The molecule has 0 N–H and O–H groups in total. The third-order valence-corrected chi connectivity index (χ3v) is 10.9. The molecule has 0 radical (unpaired) electrons.